The highest BCUT2D eigenvalue weighted by atomic mass is 16.6. The minimum atomic E-state index is -0.333. The molecule has 0 radical (unpaired) electrons. The van der Waals surface area contributed by atoms with Crippen LogP contribution in [-0.2, 0) is 10.4 Å². The van der Waals surface area contributed by atoms with Gasteiger partial charge >= 0.3 is 0 Å². The van der Waals surface area contributed by atoms with Crippen LogP contribution >= 0.6 is 0 Å². The summed E-state index contributed by atoms with van der Waals surface area (Å²) < 4.78 is 6.42. The van der Waals surface area contributed by atoms with Gasteiger partial charge in [-0.15, -0.1) is 0 Å². The Morgan fingerprint density at radius 2 is 1.85 bits per heavy atom. The van der Waals surface area contributed by atoms with Crippen LogP contribution < -0.4 is 15.5 Å². The Balaban J connectivity index is 1.50. The van der Waals surface area contributed by atoms with E-state index in [0.717, 1.165) is 36.4 Å². The predicted molar refractivity (Wildman–Crippen MR) is 104 cm³/mol. The van der Waals surface area contributed by atoms with Gasteiger partial charge in [0.05, 0.1) is 12.3 Å². The number of hydroxylamine groups is 1. The van der Waals surface area contributed by atoms with E-state index < -0.39 is 0 Å². The summed E-state index contributed by atoms with van der Waals surface area (Å²) in [5.74, 6) is 0.908. The lowest BCUT2D eigenvalue weighted by molar-refractivity contribution is 0.0743. The smallest absolute Gasteiger partial charge is 0.162 e. The van der Waals surface area contributed by atoms with Crippen molar-refractivity contribution < 1.29 is 9.57 Å². The molecule has 1 aliphatic carbocycles. The molecule has 1 unspecified atom stereocenters. The fraction of sp³-hybridized carbons (Fsp3) is 0.364. The Labute approximate surface area is 155 Å². The van der Waals surface area contributed by atoms with Crippen LogP contribution in [0.3, 0.4) is 0 Å². The zero-order valence-corrected chi connectivity index (χ0v) is 15.4. The lowest BCUT2D eigenvalue weighted by atomic mass is 10.0. The number of hydrogen-bond acceptors (Lipinski definition) is 4. The van der Waals surface area contributed by atoms with Gasteiger partial charge in [-0.1, -0.05) is 56.3 Å². The fourth-order valence-electron chi connectivity index (χ4n) is 3.52. The topological polar surface area (TPSA) is 42.5 Å². The maximum Gasteiger partial charge on any atom is 0.162 e. The van der Waals surface area contributed by atoms with Gasteiger partial charge in [-0.3, -0.25) is 10.3 Å². The summed E-state index contributed by atoms with van der Waals surface area (Å²) in [6.07, 6.45) is 1.86. The first-order chi connectivity index (χ1) is 12.7. The van der Waals surface area contributed by atoms with Crippen LogP contribution in [-0.4, -0.2) is 19.2 Å². The number of nitrogens with one attached hydrogen (secondary N) is 2. The Bertz CT molecular complexity index is 801. The van der Waals surface area contributed by atoms with Gasteiger partial charge in [0.1, 0.15) is 5.75 Å². The molecule has 1 aliphatic heterocycles. The van der Waals surface area contributed by atoms with E-state index in [0.29, 0.717) is 12.6 Å². The molecule has 2 aromatic rings. The van der Waals surface area contributed by atoms with E-state index in [1.54, 1.807) is 0 Å². The minimum Gasteiger partial charge on any atom is -0.477 e. The average Bonchev–Trinajstić information content (AvgIpc) is 3.39. The fourth-order valence-corrected chi connectivity index (χ4v) is 3.52. The Morgan fingerprint density at radius 3 is 2.65 bits per heavy atom. The lowest BCUT2D eigenvalue weighted by Crippen LogP contribution is -2.26. The lowest BCUT2D eigenvalue weighted by Gasteiger charge is -2.26. The van der Waals surface area contributed by atoms with Crippen LogP contribution in [0.4, 0.5) is 0 Å². The number of fused-ring (bicyclic) bond motifs is 2. The Kier molecular flexibility index (Phi) is 4.70. The SMILES string of the molecule is CC(C)NCCCONC1=C2CC2(c2ccccc2)Oc2ccccc21. The van der Waals surface area contributed by atoms with Gasteiger partial charge < -0.3 is 10.1 Å². The van der Waals surface area contributed by atoms with Crippen molar-refractivity contribution in [1.82, 2.24) is 10.8 Å². The van der Waals surface area contributed by atoms with E-state index in [1.165, 1.54) is 11.1 Å². The van der Waals surface area contributed by atoms with Gasteiger partial charge in [0.25, 0.3) is 0 Å². The van der Waals surface area contributed by atoms with Crippen LogP contribution in [0.15, 0.2) is 60.2 Å². The van der Waals surface area contributed by atoms with Crippen molar-refractivity contribution in [2.24, 2.45) is 0 Å². The molecule has 4 nitrogen and oxygen atoms in total. The number of rotatable bonds is 8. The first kappa shape index (κ1) is 17.1. The summed E-state index contributed by atoms with van der Waals surface area (Å²) in [6.45, 7) is 5.93. The average molecular weight is 350 g/mol. The van der Waals surface area contributed by atoms with E-state index >= 15 is 0 Å². The first-order valence-electron chi connectivity index (χ1n) is 9.39. The second-order valence-electron chi connectivity index (χ2n) is 7.23. The Morgan fingerprint density at radius 1 is 1.08 bits per heavy atom. The molecule has 1 atom stereocenters. The molecule has 1 saturated carbocycles. The third-order valence-corrected chi connectivity index (χ3v) is 4.92. The third-order valence-electron chi connectivity index (χ3n) is 4.92. The summed E-state index contributed by atoms with van der Waals surface area (Å²) in [7, 11) is 0. The largest absolute Gasteiger partial charge is 0.477 e. The van der Waals surface area contributed by atoms with Crippen molar-refractivity contribution in [3.8, 4) is 5.75 Å². The Hall–Kier alpha value is -2.30. The number of benzene rings is 2. The molecule has 0 amide bonds. The van der Waals surface area contributed by atoms with Crippen LogP contribution in [0.25, 0.3) is 5.70 Å². The standard InChI is InChI=1S/C22H26N2O2/c1-16(2)23-13-8-14-25-24-21-18-11-6-7-12-20(18)26-22(15-19(21)22)17-9-4-3-5-10-17/h3-7,9-12,16,23-24H,8,13-15H2,1-2H3. The normalized spacial score (nSPS) is 20.4. The quantitative estimate of drug-likeness (QED) is 0.558. The second kappa shape index (κ2) is 7.14. The number of hydrogen-bond donors (Lipinski definition) is 2. The van der Waals surface area contributed by atoms with Crippen molar-refractivity contribution in [2.75, 3.05) is 13.2 Å². The van der Waals surface area contributed by atoms with Crippen molar-refractivity contribution in [3.05, 3.63) is 71.3 Å². The van der Waals surface area contributed by atoms with Crippen molar-refractivity contribution >= 4 is 5.70 Å². The van der Waals surface area contributed by atoms with E-state index in [4.69, 9.17) is 9.57 Å². The van der Waals surface area contributed by atoms with Gasteiger partial charge in [0.15, 0.2) is 5.60 Å². The van der Waals surface area contributed by atoms with Gasteiger partial charge in [-0.05, 0) is 25.1 Å². The molecule has 2 N–H and O–H groups in total. The third kappa shape index (κ3) is 3.22. The van der Waals surface area contributed by atoms with Gasteiger partial charge in [-0.25, -0.2) is 0 Å². The minimum absolute atomic E-state index is 0.333. The second-order valence-corrected chi connectivity index (χ2v) is 7.23. The van der Waals surface area contributed by atoms with Gasteiger partial charge in [0.2, 0.25) is 0 Å². The maximum absolute atomic E-state index is 6.42. The molecule has 2 aliphatic rings. The molecule has 1 fully saturated rings. The van der Waals surface area contributed by atoms with Crippen LogP contribution in [0.1, 0.15) is 37.8 Å². The number of ether oxygens (including phenoxy) is 1. The first-order valence-corrected chi connectivity index (χ1v) is 9.39. The van der Waals surface area contributed by atoms with Gasteiger partial charge in [0, 0.05) is 29.2 Å². The summed E-state index contributed by atoms with van der Waals surface area (Å²) in [6, 6.07) is 19.1. The van der Waals surface area contributed by atoms with Crippen molar-refractivity contribution in [2.45, 2.75) is 38.3 Å². The zero-order valence-electron chi connectivity index (χ0n) is 15.4. The summed E-state index contributed by atoms with van der Waals surface area (Å²) in [4.78, 5) is 5.79. The molecule has 4 heteroatoms. The molecule has 0 bridgehead atoms. The molecular formula is C22H26N2O2. The van der Waals surface area contributed by atoms with Crippen LogP contribution in [0.2, 0.25) is 0 Å². The molecule has 0 spiro atoms. The summed E-state index contributed by atoms with van der Waals surface area (Å²) >= 11 is 0. The molecule has 2 aromatic carbocycles. The summed E-state index contributed by atoms with van der Waals surface area (Å²) in [5.41, 5.74) is 7.49. The van der Waals surface area contributed by atoms with E-state index in [2.05, 4.69) is 55.0 Å². The van der Waals surface area contributed by atoms with Gasteiger partial charge in [-0.2, -0.15) is 0 Å². The molecule has 0 aromatic heterocycles. The highest BCUT2D eigenvalue weighted by Crippen LogP contribution is 2.60. The highest BCUT2D eigenvalue weighted by Gasteiger charge is 2.58. The van der Waals surface area contributed by atoms with Crippen LogP contribution in [0.5, 0.6) is 5.75 Å². The maximum atomic E-state index is 6.42. The van der Waals surface area contributed by atoms with Crippen molar-refractivity contribution in [1.29, 1.82) is 0 Å². The predicted octanol–water partition coefficient (Wildman–Crippen LogP) is 4.00. The van der Waals surface area contributed by atoms with Crippen molar-refractivity contribution in [3.63, 3.8) is 0 Å². The molecule has 26 heavy (non-hydrogen) atoms. The molecule has 1 heterocycles. The van der Waals surface area contributed by atoms with Crippen LogP contribution in [0, 0.1) is 0 Å². The molecule has 0 saturated heterocycles. The van der Waals surface area contributed by atoms with E-state index in [1.807, 2.05) is 24.3 Å². The highest BCUT2D eigenvalue weighted by molar-refractivity contribution is 5.80. The molecule has 4 rings (SSSR count). The van der Waals surface area contributed by atoms with E-state index in [9.17, 15) is 0 Å². The molecule has 136 valence electrons. The zero-order chi connectivity index (χ0) is 18.0. The molecular weight excluding hydrogens is 324 g/mol. The monoisotopic (exact) mass is 350 g/mol. The number of para-hydroxylation sites is 1. The van der Waals surface area contributed by atoms with E-state index in [-0.39, 0.29) is 5.60 Å². The summed E-state index contributed by atoms with van der Waals surface area (Å²) in [5, 5.41) is 3.40.